The summed E-state index contributed by atoms with van der Waals surface area (Å²) in [6.45, 7) is 2.34. The summed E-state index contributed by atoms with van der Waals surface area (Å²) in [6, 6.07) is 14.2. The van der Waals surface area contributed by atoms with Crippen LogP contribution in [0.2, 0.25) is 0 Å². The summed E-state index contributed by atoms with van der Waals surface area (Å²) < 4.78 is 80.3. The number of nitrogens with one attached hydrogen (secondary N) is 1. The first-order chi connectivity index (χ1) is 22.0. The number of likely N-dealkylation sites (N-methyl/N-ethyl adjacent to an activating group) is 2. The van der Waals surface area contributed by atoms with Gasteiger partial charge >= 0.3 is 12.4 Å². The Kier molecular flexibility index (Phi) is 12.7. The summed E-state index contributed by atoms with van der Waals surface area (Å²) in [7, 11) is 9.08. The molecule has 0 radical (unpaired) electrons. The van der Waals surface area contributed by atoms with Crippen molar-refractivity contribution in [3.8, 4) is 11.1 Å². The van der Waals surface area contributed by atoms with Gasteiger partial charge in [-0.2, -0.15) is 26.3 Å². The Morgan fingerprint density at radius 1 is 0.809 bits per heavy atom. The van der Waals surface area contributed by atoms with Gasteiger partial charge in [0.25, 0.3) is 5.91 Å². The summed E-state index contributed by atoms with van der Waals surface area (Å²) in [5.41, 5.74) is 2.94. The summed E-state index contributed by atoms with van der Waals surface area (Å²) >= 11 is 0. The lowest BCUT2D eigenvalue weighted by atomic mass is 9.97. The van der Waals surface area contributed by atoms with Crippen molar-refractivity contribution >= 4 is 22.6 Å². The lowest BCUT2D eigenvalue weighted by Crippen LogP contribution is -2.29. The summed E-state index contributed by atoms with van der Waals surface area (Å²) in [5.74, 6) is -0.539. The van der Waals surface area contributed by atoms with Crippen molar-refractivity contribution in [2.75, 3.05) is 66.7 Å². The molecule has 1 amide bonds. The largest absolute Gasteiger partial charge is 0.416 e. The Labute approximate surface area is 270 Å². The average Bonchev–Trinajstić information content (AvgIpc) is 2.99. The number of carbonyl (C=O) groups excluding carboxylic acids is 1. The molecule has 0 unspecified atom stereocenters. The Hall–Kier alpha value is -4.27. The molecule has 254 valence electrons. The fourth-order valence-electron chi connectivity index (χ4n) is 4.57. The molecular weight excluding hydrogens is 624 g/mol. The van der Waals surface area contributed by atoms with Gasteiger partial charge in [0, 0.05) is 51.5 Å². The molecule has 3 aromatic carbocycles. The minimum Gasteiger partial charge on any atom is -0.353 e. The van der Waals surface area contributed by atoms with E-state index < -0.39 is 35.9 Å². The predicted octanol–water partition coefficient (Wildman–Crippen LogP) is 6.09. The second-order valence-electron chi connectivity index (χ2n) is 11.4. The van der Waals surface area contributed by atoms with Gasteiger partial charge in [0.15, 0.2) is 0 Å². The first kappa shape index (κ1) is 37.2. The van der Waals surface area contributed by atoms with Crippen LogP contribution in [0.5, 0.6) is 0 Å². The number of fused-ring (bicyclic) bond motifs is 1. The van der Waals surface area contributed by atoms with E-state index in [9.17, 15) is 31.1 Å². The second-order valence-corrected chi connectivity index (χ2v) is 11.4. The van der Waals surface area contributed by atoms with Gasteiger partial charge in [-0.3, -0.25) is 4.79 Å². The molecule has 14 heteroatoms. The lowest BCUT2D eigenvalue weighted by molar-refractivity contribution is -0.143. The van der Waals surface area contributed by atoms with Crippen LogP contribution in [-0.4, -0.2) is 92.0 Å². The molecule has 8 nitrogen and oxygen atoms in total. The van der Waals surface area contributed by atoms with Crippen molar-refractivity contribution in [3.63, 3.8) is 0 Å². The van der Waals surface area contributed by atoms with Crippen molar-refractivity contribution in [2.45, 2.75) is 18.9 Å². The summed E-state index contributed by atoms with van der Waals surface area (Å²) in [4.78, 5) is 27.6. The topological polar surface area (TPSA) is 90.6 Å². The lowest BCUT2D eigenvalue weighted by Gasteiger charge is -2.21. The van der Waals surface area contributed by atoms with Crippen LogP contribution in [0.15, 0.2) is 66.9 Å². The van der Waals surface area contributed by atoms with Crippen LogP contribution in [0.1, 0.15) is 27.2 Å². The van der Waals surface area contributed by atoms with Crippen molar-refractivity contribution in [1.29, 1.82) is 0 Å². The first-order valence-corrected chi connectivity index (χ1v) is 14.6. The molecule has 0 saturated heterocycles. The number of nitrogens with zero attached hydrogens (tertiary/aromatic N) is 5. The highest BCUT2D eigenvalue weighted by Crippen LogP contribution is 2.37. The van der Waals surface area contributed by atoms with Crippen LogP contribution in [0.25, 0.3) is 21.9 Å². The highest BCUT2D eigenvalue weighted by atomic mass is 19.4. The molecule has 0 fully saturated rings. The van der Waals surface area contributed by atoms with Gasteiger partial charge in [-0.1, -0.05) is 42.5 Å². The maximum absolute atomic E-state index is 13.7. The Morgan fingerprint density at radius 2 is 1.40 bits per heavy atom. The molecule has 0 spiro atoms. The molecule has 1 aromatic heterocycles. The molecule has 4 rings (SSSR count). The van der Waals surface area contributed by atoms with Gasteiger partial charge in [-0.05, 0) is 68.3 Å². The SMILES string of the molecule is CN(C)CCN.CN(C)CCNc1ncc(-c2cccc3ccccc23)c(C(=O)N(C)Cc2cc(C(F)(F)F)cc(C(F)(F)F)c2)n1. The predicted molar refractivity (Wildman–Crippen MR) is 172 cm³/mol. The minimum absolute atomic E-state index is 0.0470. The van der Waals surface area contributed by atoms with E-state index in [0.29, 0.717) is 36.3 Å². The van der Waals surface area contributed by atoms with Crippen molar-refractivity contribution in [3.05, 3.63) is 89.2 Å². The third-order valence-electron chi connectivity index (χ3n) is 6.90. The van der Waals surface area contributed by atoms with Crippen molar-refractivity contribution < 1.29 is 31.1 Å². The van der Waals surface area contributed by atoms with Crippen molar-refractivity contribution in [1.82, 2.24) is 24.7 Å². The molecule has 47 heavy (non-hydrogen) atoms. The fourth-order valence-corrected chi connectivity index (χ4v) is 4.57. The number of benzene rings is 3. The quantitative estimate of drug-likeness (QED) is 0.199. The number of rotatable bonds is 10. The molecule has 0 aliphatic heterocycles. The van der Waals surface area contributed by atoms with E-state index in [1.807, 2.05) is 63.4 Å². The highest BCUT2D eigenvalue weighted by Gasteiger charge is 2.37. The number of carbonyl (C=O) groups is 1. The van der Waals surface area contributed by atoms with Gasteiger partial charge in [-0.15, -0.1) is 0 Å². The maximum atomic E-state index is 13.7. The number of hydrogen-bond donors (Lipinski definition) is 2. The van der Waals surface area contributed by atoms with Gasteiger partial charge in [0.1, 0.15) is 5.69 Å². The van der Waals surface area contributed by atoms with Crippen LogP contribution in [-0.2, 0) is 18.9 Å². The van der Waals surface area contributed by atoms with Gasteiger partial charge < -0.3 is 25.8 Å². The third-order valence-corrected chi connectivity index (χ3v) is 6.90. The van der Waals surface area contributed by atoms with Crippen LogP contribution < -0.4 is 11.1 Å². The fraction of sp³-hybridized carbons (Fsp3) is 0.364. The number of amides is 1. The molecular formula is C33H39F6N7O. The number of nitrogens with two attached hydrogens (primary N) is 1. The normalized spacial score (nSPS) is 11.9. The summed E-state index contributed by atoms with van der Waals surface area (Å²) in [6.07, 6.45) is -8.51. The zero-order chi connectivity index (χ0) is 34.9. The number of aromatic nitrogens is 2. The smallest absolute Gasteiger partial charge is 0.353 e. The van der Waals surface area contributed by atoms with Crippen molar-refractivity contribution in [2.24, 2.45) is 5.73 Å². The second kappa shape index (κ2) is 16.0. The molecule has 0 bridgehead atoms. The molecule has 4 aromatic rings. The molecule has 0 aliphatic rings. The van der Waals surface area contributed by atoms with E-state index in [1.165, 1.54) is 13.2 Å². The standard InChI is InChI=1S/C29H27F6N5O.C4H12N2/c1-39(2)12-11-36-27-37-16-24(23-10-6-8-19-7-4-5-9-22(19)23)25(38-27)26(41)40(3)17-18-13-20(28(30,31)32)15-21(14-18)29(33,34)35;1-6(2)4-3-5/h4-10,13-16H,11-12,17H2,1-3H3,(H,36,37,38);3-5H2,1-2H3. The maximum Gasteiger partial charge on any atom is 0.416 e. The van der Waals surface area contributed by atoms with Crippen LogP contribution in [0, 0.1) is 0 Å². The molecule has 0 saturated carbocycles. The molecule has 3 N–H and O–H groups in total. The zero-order valence-corrected chi connectivity index (χ0v) is 26.9. The Bertz CT molecular complexity index is 1600. The Balaban J connectivity index is 0.000000913. The molecule has 1 heterocycles. The van der Waals surface area contributed by atoms with E-state index in [2.05, 4.69) is 20.2 Å². The number of hydrogen-bond acceptors (Lipinski definition) is 7. The van der Waals surface area contributed by atoms with E-state index in [1.54, 1.807) is 12.1 Å². The Morgan fingerprint density at radius 3 is 1.96 bits per heavy atom. The van der Waals surface area contributed by atoms with E-state index in [0.717, 1.165) is 28.8 Å². The molecule has 0 aliphatic carbocycles. The van der Waals surface area contributed by atoms with Crippen LogP contribution in [0.4, 0.5) is 32.3 Å². The average molecular weight is 664 g/mol. The number of anilines is 1. The van der Waals surface area contributed by atoms with E-state index >= 15 is 0 Å². The van der Waals surface area contributed by atoms with Gasteiger partial charge in [0.05, 0.1) is 11.1 Å². The minimum atomic E-state index is -5.00. The monoisotopic (exact) mass is 663 g/mol. The zero-order valence-electron chi connectivity index (χ0n) is 26.9. The first-order valence-electron chi connectivity index (χ1n) is 14.6. The van der Waals surface area contributed by atoms with E-state index in [-0.39, 0.29) is 23.3 Å². The number of alkyl halides is 6. The highest BCUT2D eigenvalue weighted by molar-refractivity contribution is 6.04. The van der Waals surface area contributed by atoms with Gasteiger partial charge in [-0.25, -0.2) is 9.97 Å². The van der Waals surface area contributed by atoms with Crippen LogP contribution in [0.3, 0.4) is 0 Å². The number of halogens is 6. The van der Waals surface area contributed by atoms with Crippen LogP contribution >= 0.6 is 0 Å². The third kappa shape index (κ3) is 10.6. The molecule has 0 atom stereocenters. The van der Waals surface area contributed by atoms with Gasteiger partial charge in [0.2, 0.25) is 5.95 Å². The summed E-state index contributed by atoms with van der Waals surface area (Å²) in [5, 5.41) is 4.75. The van der Waals surface area contributed by atoms with E-state index in [4.69, 9.17) is 5.73 Å².